The Hall–Kier alpha value is -4.94. The van der Waals surface area contributed by atoms with Crippen molar-refractivity contribution in [1.82, 2.24) is 9.13 Å². The summed E-state index contributed by atoms with van der Waals surface area (Å²) in [5.74, 6) is -1.63. The van der Waals surface area contributed by atoms with Gasteiger partial charge in [-0.1, -0.05) is 65.4 Å². The molecule has 13 heteroatoms. The van der Waals surface area contributed by atoms with E-state index in [0.29, 0.717) is 22.7 Å². The zero-order valence-corrected chi connectivity index (χ0v) is 27.2. The highest BCUT2D eigenvalue weighted by Gasteiger charge is 2.45. The van der Waals surface area contributed by atoms with Gasteiger partial charge in [0.05, 0.1) is 34.9 Å². The summed E-state index contributed by atoms with van der Waals surface area (Å²) < 4.78 is 56.7. The van der Waals surface area contributed by atoms with Gasteiger partial charge in [-0.3, -0.25) is 9.36 Å². The molecule has 48 heavy (non-hydrogen) atoms. The quantitative estimate of drug-likeness (QED) is 0.181. The molecule has 246 valence electrons. The molecular weight excluding hydrogens is 667 g/mol. The molecule has 0 saturated carbocycles. The second-order valence-electron chi connectivity index (χ2n) is 10.8. The molecule has 6 rings (SSSR count). The van der Waals surface area contributed by atoms with E-state index in [9.17, 15) is 27.6 Å². The summed E-state index contributed by atoms with van der Waals surface area (Å²) in [6, 6.07) is 19.0. The second-order valence-corrected chi connectivity index (χ2v) is 12.2. The van der Waals surface area contributed by atoms with E-state index in [4.69, 9.17) is 21.1 Å². The van der Waals surface area contributed by atoms with Crippen molar-refractivity contribution in [2.45, 2.75) is 32.6 Å². The van der Waals surface area contributed by atoms with Crippen molar-refractivity contribution in [3.63, 3.8) is 0 Å². The van der Waals surface area contributed by atoms with E-state index in [-0.39, 0.29) is 28.1 Å². The first-order valence-electron chi connectivity index (χ1n) is 14.9. The molecule has 5 aromatic rings. The standard InChI is InChI=1S/C35H27ClF3N3O5S/c1-3-46-32(44)22-11-9-20(10-12-22)18-41-19-23(25-7-5-6-8-26(25)41)17-27-31(43)42-29(21-13-15-24(36)16-14-21)28(33(45)47-4-2)30(35(37,38)39)40-34(42)48-27/h5-17,19,29H,3-4,18H2,1-2H3/b27-17-/t29-/m0/s1. The van der Waals surface area contributed by atoms with Crippen LogP contribution in [0.15, 0.2) is 100 Å². The van der Waals surface area contributed by atoms with E-state index in [1.54, 1.807) is 25.1 Å². The number of thiazole rings is 1. The number of para-hydroxylation sites is 1. The first-order chi connectivity index (χ1) is 23.0. The van der Waals surface area contributed by atoms with E-state index in [2.05, 4.69) is 4.99 Å². The van der Waals surface area contributed by atoms with Crippen LogP contribution >= 0.6 is 22.9 Å². The Morgan fingerprint density at radius 2 is 1.62 bits per heavy atom. The molecule has 1 aliphatic rings. The molecule has 0 unspecified atom stereocenters. The molecule has 8 nitrogen and oxygen atoms in total. The van der Waals surface area contributed by atoms with Crippen LogP contribution in [0.5, 0.6) is 0 Å². The van der Waals surface area contributed by atoms with E-state index < -0.39 is 41.0 Å². The second kappa shape index (κ2) is 13.3. The van der Waals surface area contributed by atoms with Crippen molar-refractivity contribution < 1.29 is 32.2 Å². The van der Waals surface area contributed by atoms with Crippen molar-refractivity contribution in [2.24, 2.45) is 4.99 Å². The molecule has 3 aromatic carbocycles. The summed E-state index contributed by atoms with van der Waals surface area (Å²) in [5.41, 5.74) is 0.271. The lowest BCUT2D eigenvalue weighted by Crippen LogP contribution is -2.41. The Bertz CT molecular complexity index is 2250. The predicted octanol–water partition coefficient (Wildman–Crippen LogP) is 6.17. The third-order valence-electron chi connectivity index (χ3n) is 7.70. The average molecular weight is 694 g/mol. The highest BCUT2D eigenvalue weighted by atomic mass is 35.5. The largest absolute Gasteiger partial charge is 0.463 e. The highest BCUT2D eigenvalue weighted by molar-refractivity contribution is 7.07. The average Bonchev–Trinajstić information content (AvgIpc) is 3.57. The molecule has 0 aliphatic carbocycles. The van der Waals surface area contributed by atoms with Gasteiger partial charge >= 0.3 is 18.1 Å². The molecule has 0 spiro atoms. The molecule has 2 aromatic heterocycles. The summed E-state index contributed by atoms with van der Waals surface area (Å²) in [4.78, 5) is 42.9. The fourth-order valence-corrected chi connectivity index (χ4v) is 6.74. The summed E-state index contributed by atoms with van der Waals surface area (Å²) in [7, 11) is 0. The van der Waals surface area contributed by atoms with Gasteiger partial charge in [0.2, 0.25) is 0 Å². The molecule has 0 bridgehead atoms. The zero-order chi connectivity index (χ0) is 34.2. The van der Waals surface area contributed by atoms with Gasteiger partial charge in [-0.05, 0) is 61.4 Å². The van der Waals surface area contributed by atoms with Crippen molar-refractivity contribution in [3.8, 4) is 0 Å². The number of carbonyl (C=O) groups excluding carboxylic acids is 2. The van der Waals surface area contributed by atoms with Gasteiger partial charge in [-0.2, -0.15) is 13.2 Å². The Morgan fingerprint density at radius 1 is 0.958 bits per heavy atom. The molecule has 1 atom stereocenters. The van der Waals surface area contributed by atoms with Crippen LogP contribution in [0.4, 0.5) is 13.2 Å². The number of benzene rings is 3. The van der Waals surface area contributed by atoms with E-state index in [1.165, 1.54) is 31.2 Å². The number of hydrogen-bond acceptors (Lipinski definition) is 7. The van der Waals surface area contributed by atoms with Crippen LogP contribution in [0.1, 0.15) is 46.9 Å². The summed E-state index contributed by atoms with van der Waals surface area (Å²) in [6.45, 7) is 3.75. The fraction of sp³-hybridized carbons (Fsp3) is 0.200. The van der Waals surface area contributed by atoms with Crippen molar-refractivity contribution in [1.29, 1.82) is 0 Å². The molecular formula is C35H27ClF3N3O5S. The minimum absolute atomic E-state index is 0.126. The number of halogens is 4. The summed E-state index contributed by atoms with van der Waals surface area (Å²) in [6.07, 6.45) is -1.54. The number of fused-ring (bicyclic) bond motifs is 2. The number of esters is 2. The normalized spacial score (nSPS) is 15.0. The maximum absolute atomic E-state index is 14.4. The molecule has 0 amide bonds. The van der Waals surface area contributed by atoms with Crippen LogP contribution in [-0.4, -0.2) is 40.5 Å². The van der Waals surface area contributed by atoms with Crippen molar-refractivity contribution in [2.75, 3.05) is 13.2 Å². The molecule has 0 saturated heterocycles. The number of hydrogen-bond donors (Lipinski definition) is 0. The van der Waals surface area contributed by atoms with Crippen molar-refractivity contribution >= 4 is 51.9 Å². The van der Waals surface area contributed by atoms with Gasteiger partial charge in [-0.25, -0.2) is 14.6 Å². The number of carbonyl (C=O) groups is 2. The number of ether oxygens (including phenoxy) is 2. The first kappa shape index (κ1) is 33.0. The number of alkyl halides is 3. The Morgan fingerprint density at radius 3 is 2.29 bits per heavy atom. The van der Waals surface area contributed by atoms with Crippen LogP contribution in [0.3, 0.4) is 0 Å². The van der Waals surface area contributed by atoms with E-state index in [0.717, 1.165) is 32.4 Å². The first-order valence-corrected chi connectivity index (χ1v) is 16.1. The zero-order valence-electron chi connectivity index (χ0n) is 25.6. The SMILES string of the molecule is CCOC(=O)C1=C(C(F)(F)F)N=c2s/c(=C\c3cn(Cc4ccc(C(=O)OCC)cc4)c4ccccc34)c(=O)n2[C@H]1c1ccc(Cl)cc1. The van der Waals surface area contributed by atoms with Crippen LogP contribution < -0.4 is 14.9 Å². The summed E-state index contributed by atoms with van der Waals surface area (Å²) in [5, 5.41) is 1.14. The van der Waals surface area contributed by atoms with Gasteiger partial charge in [0.1, 0.15) is 0 Å². The van der Waals surface area contributed by atoms with Crippen LogP contribution in [0.2, 0.25) is 5.02 Å². The third-order valence-corrected chi connectivity index (χ3v) is 8.94. The topological polar surface area (TPSA) is 91.9 Å². The smallest absolute Gasteiger partial charge is 0.434 e. The molecule has 1 aliphatic heterocycles. The van der Waals surface area contributed by atoms with E-state index >= 15 is 0 Å². The number of aromatic nitrogens is 2. The maximum atomic E-state index is 14.4. The highest BCUT2D eigenvalue weighted by Crippen LogP contribution is 2.38. The number of rotatable bonds is 8. The van der Waals surface area contributed by atoms with Gasteiger partial charge < -0.3 is 14.0 Å². The predicted molar refractivity (Wildman–Crippen MR) is 176 cm³/mol. The van der Waals surface area contributed by atoms with Gasteiger partial charge in [0.15, 0.2) is 10.5 Å². The fourth-order valence-electron chi connectivity index (χ4n) is 5.62. The minimum atomic E-state index is -5.01. The number of nitrogens with zero attached hydrogens (tertiary/aromatic N) is 3. The van der Waals surface area contributed by atoms with Crippen LogP contribution in [-0.2, 0) is 20.8 Å². The minimum Gasteiger partial charge on any atom is -0.463 e. The lowest BCUT2D eigenvalue weighted by molar-refractivity contribution is -0.140. The Labute approximate surface area is 280 Å². The van der Waals surface area contributed by atoms with Gasteiger partial charge in [-0.15, -0.1) is 0 Å². The van der Waals surface area contributed by atoms with Crippen LogP contribution in [0, 0.1) is 0 Å². The molecule has 3 heterocycles. The van der Waals surface area contributed by atoms with Crippen molar-refractivity contribution in [3.05, 3.63) is 137 Å². The Kier molecular flexibility index (Phi) is 9.13. The molecule has 0 N–H and O–H groups in total. The lowest BCUT2D eigenvalue weighted by atomic mass is 9.95. The molecule has 0 radical (unpaired) electrons. The third kappa shape index (κ3) is 6.33. The monoisotopic (exact) mass is 693 g/mol. The van der Waals surface area contributed by atoms with Gasteiger partial charge in [0, 0.05) is 34.2 Å². The maximum Gasteiger partial charge on any atom is 0.434 e. The van der Waals surface area contributed by atoms with E-state index in [1.807, 2.05) is 47.2 Å². The van der Waals surface area contributed by atoms with Crippen LogP contribution in [0.25, 0.3) is 17.0 Å². The summed E-state index contributed by atoms with van der Waals surface area (Å²) >= 11 is 6.86. The number of allylic oxidation sites excluding steroid dienone is 1. The van der Waals surface area contributed by atoms with Gasteiger partial charge in [0.25, 0.3) is 5.56 Å². The molecule has 0 fully saturated rings. The lowest BCUT2D eigenvalue weighted by Gasteiger charge is -2.26. The Balaban J connectivity index is 1.49.